The number of nitro benzene ring substituents is 1. The lowest BCUT2D eigenvalue weighted by Gasteiger charge is -2.30. The minimum absolute atomic E-state index is 0.108. The molecule has 6 heteroatoms. The molecular weight excluding hydrogens is 268 g/mol. The van der Waals surface area contributed by atoms with Gasteiger partial charge < -0.3 is 4.90 Å². The molecule has 1 aliphatic rings. The van der Waals surface area contributed by atoms with Gasteiger partial charge in [-0.2, -0.15) is 0 Å². The number of benzene rings is 1. The fourth-order valence-corrected chi connectivity index (χ4v) is 2.40. The Balaban J connectivity index is 2.11. The second kappa shape index (κ2) is 5.57. The molecule has 1 aromatic rings. The number of carbonyl (C=O) groups excluding carboxylic acids is 1. The molecule has 1 saturated carbocycles. The van der Waals surface area contributed by atoms with Crippen molar-refractivity contribution < 1.29 is 9.72 Å². The normalized spacial score (nSPS) is 14.8. The van der Waals surface area contributed by atoms with Crippen LogP contribution in [0.2, 0.25) is 5.02 Å². The van der Waals surface area contributed by atoms with Gasteiger partial charge in [0.25, 0.3) is 11.6 Å². The molecule has 0 aromatic heterocycles. The molecule has 0 unspecified atom stereocenters. The Bertz CT molecular complexity index is 515. The van der Waals surface area contributed by atoms with E-state index in [1.807, 2.05) is 0 Å². The maximum absolute atomic E-state index is 12.2. The highest BCUT2D eigenvalue weighted by Crippen LogP contribution is 2.28. The first kappa shape index (κ1) is 13.8. The van der Waals surface area contributed by atoms with Crippen LogP contribution in [-0.2, 0) is 0 Å². The minimum atomic E-state index is -0.530. The van der Waals surface area contributed by atoms with Crippen molar-refractivity contribution in [1.29, 1.82) is 0 Å². The van der Waals surface area contributed by atoms with E-state index in [-0.39, 0.29) is 16.6 Å². The van der Waals surface area contributed by atoms with Crippen LogP contribution < -0.4 is 0 Å². The van der Waals surface area contributed by atoms with Crippen molar-refractivity contribution in [3.05, 3.63) is 38.9 Å². The summed E-state index contributed by atoms with van der Waals surface area (Å²) in [6.45, 7) is 0.714. The monoisotopic (exact) mass is 282 g/mol. The third kappa shape index (κ3) is 3.04. The van der Waals surface area contributed by atoms with E-state index in [4.69, 9.17) is 11.6 Å². The van der Waals surface area contributed by atoms with Gasteiger partial charge in [0.2, 0.25) is 0 Å². The van der Waals surface area contributed by atoms with Gasteiger partial charge in [-0.15, -0.1) is 0 Å². The van der Waals surface area contributed by atoms with Crippen LogP contribution in [0.5, 0.6) is 0 Å². The molecule has 1 aliphatic carbocycles. The van der Waals surface area contributed by atoms with Crippen LogP contribution in [0.1, 0.15) is 29.6 Å². The molecule has 2 rings (SSSR count). The molecule has 0 spiro atoms. The third-order valence-corrected chi connectivity index (χ3v) is 3.81. The number of nitro groups is 1. The summed E-state index contributed by atoms with van der Waals surface area (Å²) in [5.41, 5.74) is 0.206. The average molecular weight is 283 g/mol. The molecule has 5 nitrogen and oxygen atoms in total. The summed E-state index contributed by atoms with van der Waals surface area (Å²) < 4.78 is 0. The van der Waals surface area contributed by atoms with Crippen LogP contribution in [0.3, 0.4) is 0 Å². The molecule has 0 saturated heterocycles. The molecule has 0 radical (unpaired) electrons. The van der Waals surface area contributed by atoms with E-state index in [1.54, 1.807) is 11.9 Å². The predicted molar refractivity (Wildman–Crippen MR) is 72.4 cm³/mol. The third-order valence-electron chi connectivity index (χ3n) is 3.50. The van der Waals surface area contributed by atoms with E-state index in [2.05, 4.69) is 0 Å². The summed E-state index contributed by atoms with van der Waals surface area (Å²) in [7, 11) is 1.73. The van der Waals surface area contributed by atoms with Crippen LogP contribution in [-0.4, -0.2) is 29.3 Å². The maximum atomic E-state index is 12.2. The number of non-ortho nitro benzene ring substituents is 1. The maximum Gasteiger partial charge on any atom is 0.270 e. The molecule has 1 fully saturated rings. The number of carbonyl (C=O) groups is 1. The molecule has 0 atom stereocenters. The Morgan fingerprint density at radius 3 is 2.68 bits per heavy atom. The number of amides is 1. The molecule has 1 amide bonds. The zero-order chi connectivity index (χ0) is 14.0. The first-order valence-electron chi connectivity index (χ1n) is 6.18. The van der Waals surface area contributed by atoms with Gasteiger partial charge in [0.1, 0.15) is 0 Å². The zero-order valence-corrected chi connectivity index (χ0v) is 11.4. The van der Waals surface area contributed by atoms with E-state index in [0.717, 1.165) is 12.8 Å². The first-order chi connectivity index (χ1) is 8.99. The molecule has 0 bridgehead atoms. The average Bonchev–Trinajstić information content (AvgIpc) is 2.32. The first-order valence-corrected chi connectivity index (χ1v) is 6.56. The standard InChI is InChI=1S/C13H15ClN2O3/c1-15(8-9-3-2-4-9)13(17)11-6-5-10(16(18)19)7-12(11)14/h5-7,9H,2-4,8H2,1H3. The van der Waals surface area contributed by atoms with Crippen molar-refractivity contribution >= 4 is 23.2 Å². The van der Waals surface area contributed by atoms with Crippen molar-refractivity contribution in [1.82, 2.24) is 4.90 Å². The van der Waals surface area contributed by atoms with E-state index in [9.17, 15) is 14.9 Å². The number of halogens is 1. The topological polar surface area (TPSA) is 63.5 Å². The zero-order valence-electron chi connectivity index (χ0n) is 10.6. The molecule has 0 aliphatic heterocycles. The van der Waals surface area contributed by atoms with E-state index >= 15 is 0 Å². The second-order valence-electron chi connectivity index (χ2n) is 4.90. The predicted octanol–water partition coefficient (Wildman–Crippen LogP) is 3.12. The van der Waals surface area contributed by atoms with Crippen LogP contribution >= 0.6 is 11.6 Å². The molecule has 102 valence electrons. The number of hydrogen-bond acceptors (Lipinski definition) is 3. The minimum Gasteiger partial charge on any atom is -0.341 e. The Kier molecular flexibility index (Phi) is 4.04. The van der Waals surface area contributed by atoms with Gasteiger partial charge in [0.15, 0.2) is 0 Å². The second-order valence-corrected chi connectivity index (χ2v) is 5.31. The smallest absolute Gasteiger partial charge is 0.270 e. The highest BCUT2D eigenvalue weighted by atomic mass is 35.5. The van der Waals surface area contributed by atoms with Crippen molar-refractivity contribution in [2.75, 3.05) is 13.6 Å². The van der Waals surface area contributed by atoms with Gasteiger partial charge in [-0.25, -0.2) is 0 Å². The van der Waals surface area contributed by atoms with E-state index in [1.165, 1.54) is 24.6 Å². The van der Waals surface area contributed by atoms with Crippen LogP contribution in [0, 0.1) is 16.0 Å². The van der Waals surface area contributed by atoms with E-state index in [0.29, 0.717) is 18.0 Å². The summed E-state index contributed by atoms with van der Waals surface area (Å²) >= 11 is 5.94. The van der Waals surface area contributed by atoms with Gasteiger partial charge in [0, 0.05) is 25.7 Å². The molecular formula is C13H15ClN2O3. The summed E-state index contributed by atoms with van der Waals surface area (Å²) in [6, 6.07) is 3.93. The Hall–Kier alpha value is -1.62. The van der Waals surface area contributed by atoms with Gasteiger partial charge in [-0.05, 0) is 24.8 Å². The van der Waals surface area contributed by atoms with Gasteiger partial charge in [0.05, 0.1) is 15.5 Å². The number of hydrogen-bond donors (Lipinski definition) is 0. The highest BCUT2D eigenvalue weighted by molar-refractivity contribution is 6.34. The van der Waals surface area contributed by atoms with Crippen molar-refractivity contribution in [2.24, 2.45) is 5.92 Å². The Morgan fingerprint density at radius 2 is 2.21 bits per heavy atom. The van der Waals surface area contributed by atoms with Crippen LogP contribution in [0.25, 0.3) is 0 Å². The summed E-state index contributed by atoms with van der Waals surface area (Å²) in [6.07, 6.45) is 3.54. The van der Waals surface area contributed by atoms with Crippen molar-refractivity contribution in [2.45, 2.75) is 19.3 Å². The highest BCUT2D eigenvalue weighted by Gasteiger charge is 2.23. The van der Waals surface area contributed by atoms with Crippen molar-refractivity contribution in [3.8, 4) is 0 Å². The van der Waals surface area contributed by atoms with E-state index < -0.39 is 4.92 Å². The fraction of sp³-hybridized carbons (Fsp3) is 0.462. The SMILES string of the molecule is CN(CC1CCC1)C(=O)c1ccc([N+](=O)[O-])cc1Cl. The summed E-state index contributed by atoms with van der Waals surface area (Å²) in [5.74, 6) is 0.387. The molecule has 0 heterocycles. The lowest BCUT2D eigenvalue weighted by Crippen LogP contribution is -2.34. The quantitative estimate of drug-likeness (QED) is 0.629. The molecule has 0 N–H and O–H groups in total. The Morgan fingerprint density at radius 1 is 1.53 bits per heavy atom. The van der Waals surface area contributed by atoms with Crippen LogP contribution in [0.4, 0.5) is 5.69 Å². The lowest BCUT2D eigenvalue weighted by atomic mass is 9.85. The molecule has 1 aromatic carbocycles. The fourth-order valence-electron chi connectivity index (χ4n) is 2.14. The summed E-state index contributed by atoms with van der Waals surface area (Å²) in [5, 5.41) is 10.7. The van der Waals surface area contributed by atoms with Gasteiger partial charge >= 0.3 is 0 Å². The lowest BCUT2D eigenvalue weighted by molar-refractivity contribution is -0.384. The Labute approximate surface area is 116 Å². The number of nitrogens with zero attached hydrogens (tertiary/aromatic N) is 2. The van der Waals surface area contributed by atoms with Crippen LogP contribution in [0.15, 0.2) is 18.2 Å². The van der Waals surface area contributed by atoms with Crippen molar-refractivity contribution in [3.63, 3.8) is 0 Å². The van der Waals surface area contributed by atoms with Gasteiger partial charge in [-0.3, -0.25) is 14.9 Å². The van der Waals surface area contributed by atoms with Gasteiger partial charge in [-0.1, -0.05) is 18.0 Å². The summed E-state index contributed by atoms with van der Waals surface area (Å²) in [4.78, 5) is 23.9. The largest absolute Gasteiger partial charge is 0.341 e. The molecule has 19 heavy (non-hydrogen) atoms. The number of rotatable bonds is 4.